The summed E-state index contributed by atoms with van der Waals surface area (Å²) >= 11 is 0. The van der Waals surface area contributed by atoms with Crippen molar-refractivity contribution in [3.8, 4) is 0 Å². The summed E-state index contributed by atoms with van der Waals surface area (Å²) in [5.74, 6) is -0.0261. The second-order valence-corrected chi connectivity index (χ2v) is 4.66. The first-order valence-corrected chi connectivity index (χ1v) is 6.11. The van der Waals surface area contributed by atoms with E-state index in [1.165, 1.54) is 12.8 Å². The first kappa shape index (κ1) is 13.2. The summed E-state index contributed by atoms with van der Waals surface area (Å²) in [6, 6.07) is 0.319. The van der Waals surface area contributed by atoms with Crippen LogP contribution in [0.5, 0.6) is 0 Å². The number of carbonyl (C=O) groups is 2. The third-order valence-corrected chi connectivity index (χ3v) is 3.17. The van der Waals surface area contributed by atoms with Crippen molar-refractivity contribution in [3.05, 3.63) is 0 Å². The molecular formula is C12H22N2O2. The van der Waals surface area contributed by atoms with Crippen molar-refractivity contribution in [1.82, 2.24) is 4.90 Å². The second kappa shape index (κ2) is 6.63. The molecule has 16 heavy (non-hydrogen) atoms. The predicted molar refractivity (Wildman–Crippen MR) is 62.9 cm³/mol. The van der Waals surface area contributed by atoms with E-state index in [1.54, 1.807) is 6.92 Å². The van der Waals surface area contributed by atoms with Gasteiger partial charge in [0.15, 0.2) is 0 Å². The van der Waals surface area contributed by atoms with Gasteiger partial charge in [-0.05, 0) is 26.3 Å². The number of likely N-dealkylation sites (tertiary alicyclic amines) is 1. The van der Waals surface area contributed by atoms with E-state index in [9.17, 15) is 9.59 Å². The molecule has 0 saturated carbocycles. The smallest absolute Gasteiger partial charge is 0.218 e. The summed E-state index contributed by atoms with van der Waals surface area (Å²) in [6.45, 7) is 3.33. The zero-order valence-electron chi connectivity index (χ0n) is 10.1. The molecule has 4 heteroatoms. The lowest BCUT2D eigenvalue weighted by Gasteiger charge is -2.28. The van der Waals surface area contributed by atoms with Gasteiger partial charge in [-0.25, -0.2) is 0 Å². The van der Waals surface area contributed by atoms with Crippen LogP contribution in [0.25, 0.3) is 0 Å². The third kappa shape index (κ3) is 4.75. The topological polar surface area (TPSA) is 63.4 Å². The number of Topliss-reactive ketones (excluding diaryl/α,β-unsaturated/α-hetero) is 1. The van der Waals surface area contributed by atoms with Gasteiger partial charge in [-0.1, -0.05) is 12.8 Å². The molecule has 1 unspecified atom stereocenters. The molecule has 0 aliphatic carbocycles. The normalized spacial score (nSPS) is 22.7. The maximum atomic E-state index is 11.2. The summed E-state index contributed by atoms with van der Waals surface area (Å²) in [7, 11) is 0. The summed E-state index contributed by atoms with van der Waals surface area (Å²) in [5.41, 5.74) is 5.16. The number of rotatable bonds is 5. The number of carbonyl (C=O) groups excluding carboxylic acids is 2. The van der Waals surface area contributed by atoms with E-state index in [1.807, 2.05) is 0 Å². The zero-order chi connectivity index (χ0) is 12.0. The molecule has 1 heterocycles. The van der Waals surface area contributed by atoms with E-state index in [0.29, 0.717) is 25.4 Å². The van der Waals surface area contributed by atoms with Gasteiger partial charge in [0.2, 0.25) is 5.91 Å². The van der Waals surface area contributed by atoms with Crippen molar-refractivity contribution >= 4 is 11.7 Å². The van der Waals surface area contributed by atoms with Crippen LogP contribution < -0.4 is 5.73 Å². The number of ketones is 1. The summed E-state index contributed by atoms with van der Waals surface area (Å²) in [4.78, 5) is 24.2. The van der Waals surface area contributed by atoms with Crippen molar-refractivity contribution in [1.29, 1.82) is 0 Å². The third-order valence-electron chi connectivity index (χ3n) is 3.17. The average molecular weight is 226 g/mol. The van der Waals surface area contributed by atoms with Crippen LogP contribution in [0.1, 0.15) is 45.4 Å². The Morgan fingerprint density at radius 2 is 2.06 bits per heavy atom. The van der Waals surface area contributed by atoms with Gasteiger partial charge in [-0.15, -0.1) is 0 Å². The van der Waals surface area contributed by atoms with Gasteiger partial charge in [0.25, 0.3) is 0 Å². The van der Waals surface area contributed by atoms with Crippen molar-refractivity contribution in [2.45, 2.75) is 51.5 Å². The lowest BCUT2D eigenvalue weighted by atomic mass is 10.0. The molecule has 1 fully saturated rings. The van der Waals surface area contributed by atoms with Crippen LogP contribution in [0.15, 0.2) is 0 Å². The van der Waals surface area contributed by atoms with E-state index in [0.717, 1.165) is 19.4 Å². The molecule has 1 aliphatic rings. The van der Waals surface area contributed by atoms with Crippen LogP contribution in [-0.2, 0) is 9.59 Å². The molecule has 0 bridgehead atoms. The average Bonchev–Trinajstić information content (AvgIpc) is 2.39. The fourth-order valence-electron chi connectivity index (χ4n) is 2.35. The molecule has 0 aromatic carbocycles. The molecule has 4 nitrogen and oxygen atoms in total. The van der Waals surface area contributed by atoms with Crippen LogP contribution in [0.4, 0.5) is 0 Å². The first-order valence-electron chi connectivity index (χ1n) is 6.11. The van der Waals surface area contributed by atoms with Crippen molar-refractivity contribution < 1.29 is 9.59 Å². The minimum absolute atomic E-state index is 0.232. The molecule has 0 spiro atoms. The van der Waals surface area contributed by atoms with Crippen LogP contribution in [-0.4, -0.2) is 35.7 Å². The summed E-state index contributed by atoms with van der Waals surface area (Å²) in [5, 5.41) is 0. The maximum Gasteiger partial charge on any atom is 0.218 e. The SMILES string of the molecule is CC(=O)CC1CCCCCN1CCC(N)=O. The fraction of sp³-hybridized carbons (Fsp3) is 0.833. The summed E-state index contributed by atoms with van der Waals surface area (Å²) in [6.07, 6.45) is 5.64. The Kier molecular flexibility index (Phi) is 5.46. The van der Waals surface area contributed by atoms with Crippen molar-refractivity contribution in [3.63, 3.8) is 0 Å². The van der Waals surface area contributed by atoms with Gasteiger partial charge >= 0.3 is 0 Å². The van der Waals surface area contributed by atoms with Crippen LogP contribution in [0.3, 0.4) is 0 Å². The first-order chi connectivity index (χ1) is 7.59. The molecular weight excluding hydrogens is 204 g/mol. The lowest BCUT2D eigenvalue weighted by molar-refractivity contribution is -0.118. The van der Waals surface area contributed by atoms with E-state index in [-0.39, 0.29) is 11.7 Å². The number of hydrogen-bond acceptors (Lipinski definition) is 3. The molecule has 0 aromatic heterocycles. The van der Waals surface area contributed by atoms with Gasteiger partial charge in [0.1, 0.15) is 5.78 Å². The molecule has 0 aromatic rings. The lowest BCUT2D eigenvalue weighted by Crippen LogP contribution is -2.38. The minimum Gasteiger partial charge on any atom is -0.370 e. The van der Waals surface area contributed by atoms with Crippen LogP contribution in [0.2, 0.25) is 0 Å². The minimum atomic E-state index is -0.258. The highest BCUT2D eigenvalue weighted by atomic mass is 16.1. The van der Waals surface area contributed by atoms with E-state index in [2.05, 4.69) is 4.90 Å². The predicted octanol–water partition coefficient (Wildman–Crippen LogP) is 1.09. The number of amides is 1. The second-order valence-electron chi connectivity index (χ2n) is 4.66. The Balaban J connectivity index is 2.51. The Morgan fingerprint density at radius 3 is 2.69 bits per heavy atom. The largest absolute Gasteiger partial charge is 0.370 e. The molecule has 2 N–H and O–H groups in total. The van der Waals surface area contributed by atoms with Gasteiger partial charge in [0, 0.05) is 25.4 Å². The highest BCUT2D eigenvalue weighted by Gasteiger charge is 2.22. The monoisotopic (exact) mass is 226 g/mol. The highest BCUT2D eigenvalue weighted by molar-refractivity contribution is 5.76. The van der Waals surface area contributed by atoms with E-state index >= 15 is 0 Å². The molecule has 92 valence electrons. The Hall–Kier alpha value is -0.900. The molecule has 1 rings (SSSR count). The molecule has 1 aliphatic heterocycles. The molecule has 0 radical (unpaired) electrons. The highest BCUT2D eigenvalue weighted by Crippen LogP contribution is 2.19. The Bertz CT molecular complexity index is 253. The Labute approximate surface area is 97.2 Å². The number of nitrogens with zero attached hydrogens (tertiary/aromatic N) is 1. The molecule has 1 saturated heterocycles. The van der Waals surface area contributed by atoms with E-state index < -0.39 is 0 Å². The summed E-state index contributed by atoms with van der Waals surface area (Å²) < 4.78 is 0. The number of hydrogen-bond donors (Lipinski definition) is 1. The Morgan fingerprint density at radius 1 is 1.31 bits per heavy atom. The van der Waals surface area contributed by atoms with Crippen LogP contribution >= 0.6 is 0 Å². The van der Waals surface area contributed by atoms with Crippen LogP contribution in [0, 0.1) is 0 Å². The van der Waals surface area contributed by atoms with Gasteiger partial charge in [0.05, 0.1) is 0 Å². The maximum absolute atomic E-state index is 11.2. The van der Waals surface area contributed by atoms with Gasteiger partial charge < -0.3 is 5.73 Å². The van der Waals surface area contributed by atoms with Crippen molar-refractivity contribution in [2.24, 2.45) is 5.73 Å². The fourth-order valence-corrected chi connectivity index (χ4v) is 2.35. The van der Waals surface area contributed by atoms with Gasteiger partial charge in [-0.3, -0.25) is 14.5 Å². The van der Waals surface area contributed by atoms with Gasteiger partial charge in [-0.2, -0.15) is 0 Å². The zero-order valence-corrected chi connectivity index (χ0v) is 10.1. The standard InChI is InChI=1S/C12H22N2O2/c1-10(15)9-11-5-3-2-4-7-14(11)8-6-12(13)16/h11H,2-9H2,1H3,(H2,13,16). The molecule has 1 amide bonds. The van der Waals surface area contributed by atoms with Crippen molar-refractivity contribution in [2.75, 3.05) is 13.1 Å². The number of nitrogens with two attached hydrogens (primary N) is 1. The van der Waals surface area contributed by atoms with E-state index in [4.69, 9.17) is 5.73 Å². The molecule has 1 atom stereocenters. The number of primary amides is 1. The quantitative estimate of drug-likeness (QED) is 0.763.